The summed E-state index contributed by atoms with van der Waals surface area (Å²) < 4.78 is 0. The van der Waals surface area contributed by atoms with Crippen LogP contribution in [0.3, 0.4) is 0 Å². The van der Waals surface area contributed by atoms with Gasteiger partial charge in [0.2, 0.25) is 0 Å². The SMILES string of the molecule is CCC[C@@H](N(NC(=O)c1cc(C)cc(C)c1)C(=O)c1ccccc1C)C(C)(C)C. The van der Waals surface area contributed by atoms with Gasteiger partial charge in [-0.25, -0.2) is 5.01 Å². The van der Waals surface area contributed by atoms with Crippen molar-refractivity contribution in [2.45, 2.75) is 67.3 Å². The quantitative estimate of drug-likeness (QED) is 0.670. The largest absolute Gasteiger partial charge is 0.272 e. The van der Waals surface area contributed by atoms with Crippen LogP contribution in [0.25, 0.3) is 0 Å². The highest BCUT2D eigenvalue weighted by molar-refractivity contribution is 6.00. The highest BCUT2D eigenvalue weighted by Gasteiger charge is 2.35. The fourth-order valence-corrected chi connectivity index (χ4v) is 3.72. The van der Waals surface area contributed by atoms with Crippen molar-refractivity contribution in [2.24, 2.45) is 5.41 Å². The molecule has 2 rings (SSSR count). The highest BCUT2D eigenvalue weighted by atomic mass is 16.2. The van der Waals surface area contributed by atoms with Gasteiger partial charge in [-0.05, 0) is 56.4 Å². The van der Waals surface area contributed by atoms with Crippen molar-refractivity contribution in [1.82, 2.24) is 10.4 Å². The van der Waals surface area contributed by atoms with E-state index in [1.807, 2.05) is 63.2 Å². The van der Waals surface area contributed by atoms with Crippen LogP contribution in [0.5, 0.6) is 0 Å². The van der Waals surface area contributed by atoms with Crippen LogP contribution >= 0.6 is 0 Å². The number of hydrazine groups is 1. The van der Waals surface area contributed by atoms with Crippen molar-refractivity contribution in [3.05, 3.63) is 70.3 Å². The first-order valence-electron chi connectivity index (χ1n) is 10.3. The zero-order chi connectivity index (χ0) is 21.8. The van der Waals surface area contributed by atoms with Gasteiger partial charge in [-0.15, -0.1) is 0 Å². The maximum Gasteiger partial charge on any atom is 0.272 e. The normalized spacial score (nSPS) is 12.4. The molecule has 0 radical (unpaired) electrons. The number of amides is 2. The molecule has 2 amide bonds. The zero-order valence-corrected chi connectivity index (χ0v) is 18.8. The maximum absolute atomic E-state index is 13.5. The Hall–Kier alpha value is -2.62. The lowest BCUT2D eigenvalue weighted by Gasteiger charge is -2.40. The minimum atomic E-state index is -0.260. The predicted molar refractivity (Wildman–Crippen MR) is 119 cm³/mol. The fraction of sp³-hybridized carbons (Fsp3) is 0.440. The third kappa shape index (κ3) is 5.69. The van der Waals surface area contributed by atoms with Crippen molar-refractivity contribution >= 4 is 11.8 Å². The number of hydrogen-bond acceptors (Lipinski definition) is 2. The summed E-state index contributed by atoms with van der Waals surface area (Å²) >= 11 is 0. The summed E-state index contributed by atoms with van der Waals surface area (Å²) in [4.78, 5) is 26.7. The minimum absolute atomic E-state index is 0.130. The first-order valence-corrected chi connectivity index (χ1v) is 10.3. The smallest absolute Gasteiger partial charge is 0.267 e. The van der Waals surface area contributed by atoms with Crippen LogP contribution in [-0.4, -0.2) is 22.9 Å². The van der Waals surface area contributed by atoms with E-state index in [-0.39, 0.29) is 23.3 Å². The highest BCUT2D eigenvalue weighted by Crippen LogP contribution is 2.29. The lowest BCUT2D eigenvalue weighted by atomic mass is 9.83. The maximum atomic E-state index is 13.5. The molecule has 1 atom stereocenters. The van der Waals surface area contributed by atoms with Gasteiger partial charge in [0.05, 0.1) is 6.04 Å². The minimum Gasteiger partial charge on any atom is -0.267 e. The van der Waals surface area contributed by atoms with E-state index in [1.54, 1.807) is 5.01 Å². The van der Waals surface area contributed by atoms with Gasteiger partial charge >= 0.3 is 0 Å². The van der Waals surface area contributed by atoms with Crippen LogP contribution in [-0.2, 0) is 0 Å². The van der Waals surface area contributed by atoms with Gasteiger partial charge in [0.1, 0.15) is 0 Å². The standard InChI is InChI=1S/C25H34N2O2/c1-8-11-22(25(5,6)7)27(24(29)21-13-10-9-12-19(21)4)26-23(28)20-15-17(2)14-18(3)16-20/h9-10,12-16,22H,8,11H2,1-7H3,(H,26,28)/t22-/m1/s1. The van der Waals surface area contributed by atoms with Gasteiger partial charge in [0.15, 0.2) is 0 Å². The first-order chi connectivity index (χ1) is 13.5. The Morgan fingerprint density at radius 3 is 2.10 bits per heavy atom. The average molecular weight is 395 g/mol. The first kappa shape index (κ1) is 22.7. The summed E-state index contributed by atoms with van der Waals surface area (Å²) in [6.07, 6.45) is 1.72. The number of nitrogens with one attached hydrogen (secondary N) is 1. The van der Waals surface area contributed by atoms with Crippen LogP contribution in [0, 0.1) is 26.2 Å². The summed E-state index contributed by atoms with van der Waals surface area (Å²) in [6, 6.07) is 13.1. The van der Waals surface area contributed by atoms with E-state index in [1.165, 1.54) is 0 Å². The Kier molecular flexibility index (Phi) is 7.23. The van der Waals surface area contributed by atoms with Crippen molar-refractivity contribution in [2.75, 3.05) is 0 Å². The Labute approximate surface area is 175 Å². The second-order valence-electron chi connectivity index (χ2n) is 8.98. The molecule has 0 heterocycles. The summed E-state index contributed by atoms with van der Waals surface area (Å²) in [5.41, 5.74) is 6.87. The molecule has 1 N–H and O–H groups in total. The number of aryl methyl sites for hydroxylation is 3. The number of rotatable bonds is 5. The lowest BCUT2D eigenvalue weighted by molar-refractivity contribution is 0.0270. The summed E-state index contributed by atoms with van der Waals surface area (Å²) in [7, 11) is 0. The molecular formula is C25H34N2O2. The molecule has 0 saturated carbocycles. The van der Waals surface area contributed by atoms with E-state index in [9.17, 15) is 9.59 Å². The molecule has 29 heavy (non-hydrogen) atoms. The van der Waals surface area contributed by atoms with Gasteiger partial charge in [-0.2, -0.15) is 0 Å². The van der Waals surface area contributed by atoms with Crippen molar-refractivity contribution < 1.29 is 9.59 Å². The van der Waals surface area contributed by atoms with Crippen LogP contribution in [0.2, 0.25) is 0 Å². The zero-order valence-electron chi connectivity index (χ0n) is 18.8. The van der Waals surface area contributed by atoms with Gasteiger partial charge in [-0.1, -0.05) is 69.5 Å². The van der Waals surface area contributed by atoms with Crippen LogP contribution < -0.4 is 5.43 Å². The molecular weight excluding hydrogens is 360 g/mol. The summed E-state index contributed by atoms with van der Waals surface area (Å²) in [5, 5.41) is 1.56. The Bertz CT molecular complexity index is 860. The van der Waals surface area contributed by atoms with Crippen molar-refractivity contribution in [3.63, 3.8) is 0 Å². The second-order valence-corrected chi connectivity index (χ2v) is 8.98. The molecule has 0 aliphatic carbocycles. The number of benzene rings is 2. The van der Waals surface area contributed by atoms with Gasteiger partial charge in [0.25, 0.3) is 11.8 Å². The third-order valence-electron chi connectivity index (χ3n) is 5.17. The van der Waals surface area contributed by atoms with Crippen LogP contribution in [0.15, 0.2) is 42.5 Å². The number of hydrogen-bond donors (Lipinski definition) is 1. The molecule has 0 aromatic heterocycles. The second kappa shape index (κ2) is 9.25. The number of nitrogens with zero attached hydrogens (tertiary/aromatic N) is 1. The van der Waals surface area contributed by atoms with Crippen LogP contribution in [0.1, 0.15) is 77.9 Å². The molecule has 0 fully saturated rings. The Balaban J connectivity index is 2.47. The van der Waals surface area contributed by atoms with E-state index in [2.05, 4.69) is 33.1 Å². The fourth-order valence-electron chi connectivity index (χ4n) is 3.72. The predicted octanol–water partition coefficient (Wildman–Crippen LogP) is 5.61. The van der Waals surface area contributed by atoms with Gasteiger partial charge in [-0.3, -0.25) is 15.0 Å². The van der Waals surface area contributed by atoms with Crippen LogP contribution in [0.4, 0.5) is 0 Å². The summed E-state index contributed by atoms with van der Waals surface area (Å²) in [5.74, 6) is -0.432. The molecule has 2 aromatic carbocycles. The molecule has 4 heteroatoms. The molecule has 2 aromatic rings. The van der Waals surface area contributed by atoms with E-state index >= 15 is 0 Å². The molecule has 4 nitrogen and oxygen atoms in total. The summed E-state index contributed by atoms with van der Waals surface area (Å²) in [6.45, 7) is 14.3. The molecule has 0 saturated heterocycles. The molecule has 0 unspecified atom stereocenters. The van der Waals surface area contributed by atoms with Gasteiger partial charge < -0.3 is 0 Å². The molecule has 0 aliphatic rings. The monoisotopic (exact) mass is 394 g/mol. The number of carbonyl (C=O) groups is 2. The molecule has 156 valence electrons. The Morgan fingerprint density at radius 2 is 1.59 bits per heavy atom. The van der Waals surface area contributed by atoms with E-state index in [0.717, 1.165) is 29.5 Å². The van der Waals surface area contributed by atoms with Crippen molar-refractivity contribution in [1.29, 1.82) is 0 Å². The lowest BCUT2D eigenvalue weighted by Crippen LogP contribution is -2.56. The average Bonchev–Trinajstić information content (AvgIpc) is 2.62. The van der Waals surface area contributed by atoms with Crippen molar-refractivity contribution in [3.8, 4) is 0 Å². The van der Waals surface area contributed by atoms with E-state index in [4.69, 9.17) is 0 Å². The molecule has 0 spiro atoms. The number of carbonyl (C=O) groups excluding carboxylic acids is 2. The molecule has 0 aliphatic heterocycles. The topological polar surface area (TPSA) is 49.4 Å². The Morgan fingerprint density at radius 1 is 1.00 bits per heavy atom. The van der Waals surface area contributed by atoms with E-state index < -0.39 is 0 Å². The van der Waals surface area contributed by atoms with E-state index in [0.29, 0.717) is 11.1 Å². The molecule has 0 bridgehead atoms. The third-order valence-corrected chi connectivity index (χ3v) is 5.17. The van der Waals surface area contributed by atoms with Gasteiger partial charge in [0, 0.05) is 11.1 Å².